The van der Waals surface area contributed by atoms with E-state index in [1.54, 1.807) is 0 Å². The number of fused-ring (bicyclic) bond motifs is 5. The van der Waals surface area contributed by atoms with E-state index < -0.39 is 0 Å². The molecule has 2 aromatic rings. The normalized spacial score (nSPS) is 26.6. The molecule has 2 atom stereocenters. The van der Waals surface area contributed by atoms with Gasteiger partial charge in [-0.05, 0) is 67.2 Å². The molecule has 2 aliphatic carbocycles. The number of nitrogens with zero attached hydrogens (tertiary/aromatic N) is 1. The van der Waals surface area contributed by atoms with Gasteiger partial charge in [0.2, 0.25) is 0 Å². The number of hydrogen-bond donors (Lipinski definition) is 0. The smallest absolute Gasteiger partial charge is 0.410 e. The minimum absolute atomic E-state index is 0.0848. The third-order valence-electron chi connectivity index (χ3n) is 8.93. The van der Waals surface area contributed by atoms with Crippen molar-refractivity contribution >= 4 is 11.9 Å². The number of benzene rings is 2. The number of Topliss-reactive ketones (excluding diaryl/α,β-unsaturated/α-hetero) is 1. The molecule has 2 unspecified atom stereocenters. The fraction of sp³-hybridized carbons (Fsp3) is 0.533. The Balaban J connectivity index is 1.14. The summed E-state index contributed by atoms with van der Waals surface area (Å²) in [5.41, 5.74) is 4.98. The van der Waals surface area contributed by atoms with Gasteiger partial charge in [-0.15, -0.1) is 0 Å². The molecule has 0 aromatic heterocycles. The van der Waals surface area contributed by atoms with E-state index in [0.717, 1.165) is 44.9 Å². The van der Waals surface area contributed by atoms with E-state index in [1.807, 2.05) is 4.90 Å². The third kappa shape index (κ3) is 3.85. The largest absolute Gasteiger partial charge is 0.448 e. The first-order valence-electron chi connectivity index (χ1n) is 13.4. The van der Waals surface area contributed by atoms with E-state index in [4.69, 9.17) is 4.74 Å². The summed E-state index contributed by atoms with van der Waals surface area (Å²) in [5, 5.41) is 0. The Morgan fingerprint density at radius 2 is 1.32 bits per heavy atom. The second-order valence-corrected chi connectivity index (χ2v) is 10.9. The maximum atomic E-state index is 13.4. The van der Waals surface area contributed by atoms with Crippen molar-refractivity contribution in [3.63, 3.8) is 0 Å². The van der Waals surface area contributed by atoms with Crippen molar-refractivity contribution in [1.29, 1.82) is 0 Å². The first-order valence-corrected chi connectivity index (χ1v) is 13.4. The predicted octanol–water partition coefficient (Wildman–Crippen LogP) is 6.72. The molecule has 2 saturated heterocycles. The maximum absolute atomic E-state index is 13.4. The molecule has 2 aromatic carbocycles. The van der Waals surface area contributed by atoms with Gasteiger partial charge in [-0.25, -0.2) is 4.79 Å². The Kier molecular flexibility index (Phi) is 5.92. The van der Waals surface area contributed by atoms with Crippen molar-refractivity contribution in [3.05, 3.63) is 59.7 Å². The Morgan fingerprint density at radius 1 is 0.735 bits per heavy atom. The average molecular weight is 458 g/mol. The van der Waals surface area contributed by atoms with Crippen molar-refractivity contribution < 1.29 is 14.3 Å². The molecule has 34 heavy (non-hydrogen) atoms. The van der Waals surface area contributed by atoms with Crippen LogP contribution in [0.3, 0.4) is 0 Å². The van der Waals surface area contributed by atoms with Crippen LogP contribution in [0.2, 0.25) is 0 Å². The van der Waals surface area contributed by atoms with Gasteiger partial charge in [0.15, 0.2) is 0 Å². The van der Waals surface area contributed by atoms with Crippen LogP contribution in [0, 0.1) is 11.8 Å². The molecule has 2 heterocycles. The second kappa shape index (κ2) is 9.20. The second-order valence-electron chi connectivity index (χ2n) is 10.9. The van der Waals surface area contributed by atoms with Gasteiger partial charge < -0.3 is 9.64 Å². The number of hydrogen-bond acceptors (Lipinski definition) is 3. The highest BCUT2D eigenvalue weighted by molar-refractivity contribution is 5.84. The Labute approximate surface area is 202 Å². The summed E-state index contributed by atoms with van der Waals surface area (Å²) < 4.78 is 6.03. The van der Waals surface area contributed by atoms with Gasteiger partial charge in [0.05, 0.1) is 0 Å². The Morgan fingerprint density at radius 3 is 1.94 bits per heavy atom. The molecule has 4 aliphatic rings. The van der Waals surface area contributed by atoms with Gasteiger partial charge in [-0.3, -0.25) is 4.79 Å². The molecule has 1 saturated carbocycles. The van der Waals surface area contributed by atoms with Gasteiger partial charge in [-0.1, -0.05) is 67.8 Å². The molecule has 1 amide bonds. The zero-order chi connectivity index (χ0) is 23.1. The standard InChI is InChI=1S/C30H35NO3/c32-29(20-9-2-1-3-10-20)21-17-22-11-8-12-23(18-21)31(22)30(33)34-19-28-26-15-6-4-13-24(26)25-14-5-7-16-27(25)28/h4-7,13-16,20-23,28H,1-3,8-12,17-19H2. The third-order valence-corrected chi connectivity index (χ3v) is 8.93. The first kappa shape index (κ1) is 21.9. The highest BCUT2D eigenvalue weighted by Gasteiger charge is 2.45. The lowest BCUT2D eigenvalue weighted by Crippen LogP contribution is -2.56. The molecule has 2 bridgehead atoms. The van der Waals surface area contributed by atoms with Crippen LogP contribution in [-0.4, -0.2) is 35.5 Å². The van der Waals surface area contributed by atoms with Crippen molar-refractivity contribution in [2.45, 2.75) is 82.2 Å². The summed E-state index contributed by atoms with van der Waals surface area (Å²) in [6.45, 7) is 0.368. The monoisotopic (exact) mass is 457 g/mol. The maximum Gasteiger partial charge on any atom is 0.410 e. The fourth-order valence-electron chi connectivity index (χ4n) is 7.30. The molecule has 0 spiro atoms. The highest BCUT2D eigenvalue weighted by atomic mass is 16.6. The molecule has 3 fully saturated rings. The van der Waals surface area contributed by atoms with E-state index in [0.29, 0.717) is 12.4 Å². The fourth-order valence-corrected chi connectivity index (χ4v) is 7.30. The van der Waals surface area contributed by atoms with Crippen molar-refractivity contribution in [3.8, 4) is 11.1 Å². The van der Waals surface area contributed by atoms with Crippen LogP contribution in [0.4, 0.5) is 4.79 Å². The van der Waals surface area contributed by atoms with Crippen LogP contribution < -0.4 is 0 Å². The molecule has 6 rings (SSSR count). The topological polar surface area (TPSA) is 46.6 Å². The lowest BCUT2D eigenvalue weighted by Gasteiger charge is -2.48. The molecular formula is C30H35NO3. The van der Waals surface area contributed by atoms with Crippen molar-refractivity contribution in [1.82, 2.24) is 4.90 Å². The number of ketones is 1. The summed E-state index contributed by atoms with van der Waals surface area (Å²) in [5.74, 6) is 0.974. The molecule has 4 heteroatoms. The molecule has 0 N–H and O–H groups in total. The van der Waals surface area contributed by atoms with Crippen molar-refractivity contribution in [2.24, 2.45) is 11.8 Å². The lowest BCUT2D eigenvalue weighted by molar-refractivity contribution is -0.131. The zero-order valence-corrected chi connectivity index (χ0v) is 20.0. The van der Waals surface area contributed by atoms with Crippen LogP contribution in [0.25, 0.3) is 11.1 Å². The quantitative estimate of drug-likeness (QED) is 0.512. The Hall–Kier alpha value is -2.62. The van der Waals surface area contributed by atoms with E-state index in [9.17, 15) is 9.59 Å². The number of carbonyl (C=O) groups is 2. The number of carbonyl (C=O) groups excluding carboxylic acids is 2. The Bertz CT molecular complexity index is 1010. The van der Waals surface area contributed by atoms with E-state index in [2.05, 4.69) is 48.5 Å². The van der Waals surface area contributed by atoms with Crippen molar-refractivity contribution in [2.75, 3.05) is 6.61 Å². The SMILES string of the molecule is O=C(C1CCCCC1)C1CC2CCCC(C1)N2C(=O)OCC1c2ccccc2-c2ccccc21. The summed E-state index contributed by atoms with van der Waals surface area (Å²) in [7, 11) is 0. The van der Waals surface area contributed by atoms with Gasteiger partial charge >= 0.3 is 6.09 Å². The van der Waals surface area contributed by atoms with Gasteiger partial charge in [-0.2, -0.15) is 0 Å². The zero-order valence-electron chi connectivity index (χ0n) is 20.0. The van der Waals surface area contributed by atoms with Crippen LogP contribution in [0.5, 0.6) is 0 Å². The number of rotatable bonds is 4. The molecule has 4 nitrogen and oxygen atoms in total. The molecule has 2 aliphatic heterocycles. The van der Waals surface area contributed by atoms with Crippen LogP contribution >= 0.6 is 0 Å². The van der Waals surface area contributed by atoms with Gasteiger partial charge in [0.25, 0.3) is 0 Å². The van der Waals surface area contributed by atoms with Crippen LogP contribution in [0.15, 0.2) is 48.5 Å². The molecule has 178 valence electrons. The van der Waals surface area contributed by atoms with Gasteiger partial charge in [0, 0.05) is 29.8 Å². The summed E-state index contributed by atoms with van der Waals surface area (Å²) >= 11 is 0. The van der Waals surface area contributed by atoms with Crippen LogP contribution in [-0.2, 0) is 9.53 Å². The summed E-state index contributed by atoms with van der Waals surface area (Å²) in [6, 6.07) is 17.2. The molecule has 0 radical (unpaired) electrons. The lowest BCUT2D eigenvalue weighted by atomic mass is 9.72. The minimum Gasteiger partial charge on any atom is -0.448 e. The number of piperidine rings is 2. The van der Waals surface area contributed by atoms with Crippen LogP contribution in [0.1, 0.15) is 81.3 Å². The minimum atomic E-state index is -0.180. The van der Waals surface area contributed by atoms with E-state index in [-0.39, 0.29) is 35.9 Å². The highest BCUT2D eigenvalue weighted by Crippen LogP contribution is 2.45. The van der Waals surface area contributed by atoms with E-state index >= 15 is 0 Å². The first-order chi connectivity index (χ1) is 16.7. The summed E-state index contributed by atoms with van der Waals surface area (Å²) in [4.78, 5) is 28.7. The summed E-state index contributed by atoms with van der Waals surface area (Å²) in [6.07, 6.45) is 10.4. The van der Waals surface area contributed by atoms with Gasteiger partial charge in [0.1, 0.15) is 12.4 Å². The average Bonchev–Trinajstić information content (AvgIpc) is 3.20. The predicted molar refractivity (Wildman–Crippen MR) is 133 cm³/mol. The number of ether oxygens (including phenoxy) is 1. The van der Waals surface area contributed by atoms with E-state index in [1.165, 1.54) is 41.5 Å². The molecular weight excluding hydrogens is 422 g/mol. The number of amides is 1.